The lowest BCUT2D eigenvalue weighted by molar-refractivity contribution is -0.131. The zero-order valence-corrected chi connectivity index (χ0v) is 19.8. The van der Waals surface area contributed by atoms with E-state index in [1.54, 1.807) is 19.4 Å². The Balaban J connectivity index is 1.45. The summed E-state index contributed by atoms with van der Waals surface area (Å²) in [6.07, 6.45) is 12.4. The number of aliphatic carboxylic acids is 1. The Bertz CT molecular complexity index is 994. The van der Waals surface area contributed by atoms with Gasteiger partial charge < -0.3 is 19.3 Å². The van der Waals surface area contributed by atoms with Crippen LogP contribution in [0.15, 0.2) is 30.5 Å². The van der Waals surface area contributed by atoms with Gasteiger partial charge in [-0.15, -0.1) is 11.3 Å². The maximum Gasteiger partial charge on any atom is 0.328 e. The number of rotatable bonds is 10. The maximum atomic E-state index is 10.8. The molecule has 0 unspecified atom stereocenters. The highest BCUT2D eigenvalue weighted by Gasteiger charge is 2.52. The number of carboxylic acids is 1. The van der Waals surface area contributed by atoms with E-state index < -0.39 is 5.97 Å². The fraction of sp³-hybridized carbons (Fsp3) is 0.538. The zero-order chi connectivity index (χ0) is 22.8. The fourth-order valence-corrected chi connectivity index (χ4v) is 7.42. The number of carboxylic acid groups (broad SMARTS) is 1. The summed E-state index contributed by atoms with van der Waals surface area (Å²) in [5, 5.41) is 9.80. The van der Waals surface area contributed by atoms with Crippen LogP contribution in [-0.4, -0.2) is 43.2 Å². The molecule has 0 saturated heterocycles. The number of hydrogen-bond donors (Lipinski definition) is 1. The van der Waals surface area contributed by atoms with E-state index in [0.717, 1.165) is 45.0 Å². The van der Waals surface area contributed by atoms with E-state index in [-0.39, 0.29) is 12.2 Å². The molecule has 1 heterocycles. The van der Waals surface area contributed by atoms with E-state index in [2.05, 4.69) is 23.2 Å². The minimum atomic E-state index is -0.955. The van der Waals surface area contributed by atoms with Crippen LogP contribution in [0, 0.1) is 17.8 Å². The Kier molecular flexibility index (Phi) is 6.54. The van der Waals surface area contributed by atoms with Gasteiger partial charge in [-0.2, -0.15) is 0 Å². The standard InChI is InChI=1S/C26H31NO5S/c1-30-6-7-31-16-32-23-4-2-20(25-27-15-21(33-25)3-5-24(28)29)11-22(23)26-12-17-8-18(13-26)10-19(9-17)14-26/h2-5,11,15,17-19H,6-10,12-14,16H2,1H3,(H,28,29)/b5-3+. The van der Waals surface area contributed by atoms with E-state index in [4.69, 9.17) is 19.3 Å². The Hall–Kier alpha value is -2.22. The third-order valence-corrected chi connectivity index (χ3v) is 8.49. The molecule has 6 nitrogen and oxygen atoms in total. The second-order valence-electron chi connectivity index (χ2n) is 9.81. The molecule has 4 aliphatic carbocycles. The van der Waals surface area contributed by atoms with Crippen molar-refractivity contribution in [2.75, 3.05) is 27.1 Å². The highest BCUT2D eigenvalue weighted by atomic mass is 32.1. The number of ether oxygens (including phenoxy) is 3. The lowest BCUT2D eigenvalue weighted by atomic mass is 9.48. The SMILES string of the molecule is COCCOCOc1ccc(-c2ncc(/C=C/C(=O)O)s2)cc1C12CC3CC(CC(C3)C1)C2. The van der Waals surface area contributed by atoms with Gasteiger partial charge in [0.2, 0.25) is 0 Å². The highest BCUT2D eigenvalue weighted by Crippen LogP contribution is 2.62. The first kappa shape index (κ1) is 22.6. The number of nitrogens with zero attached hydrogens (tertiary/aromatic N) is 1. The van der Waals surface area contributed by atoms with Crippen molar-refractivity contribution in [1.82, 2.24) is 4.98 Å². The van der Waals surface area contributed by atoms with Crippen LogP contribution in [0.1, 0.15) is 49.0 Å². The van der Waals surface area contributed by atoms with Crippen LogP contribution in [0.25, 0.3) is 16.6 Å². The molecule has 33 heavy (non-hydrogen) atoms. The van der Waals surface area contributed by atoms with Gasteiger partial charge >= 0.3 is 5.97 Å². The predicted molar refractivity (Wildman–Crippen MR) is 127 cm³/mol. The molecular weight excluding hydrogens is 438 g/mol. The molecule has 1 aromatic heterocycles. The number of thiazole rings is 1. The van der Waals surface area contributed by atoms with E-state index >= 15 is 0 Å². The molecule has 176 valence electrons. The van der Waals surface area contributed by atoms with Gasteiger partial charge in [-0.1, -0.05) is 0 Å². The van der Waals surface area contributed by atoms with Crippen LogP contribution in [0.2, 0.25) is 0 Å². The molecule has 4 aliphatic rings. The molecule has 4 saturated carbocycles. The molecule has 4 fully saturated rings. The van der Waals surface area contributed by atoms with E-state index in [0.29, 0.717) is 13.2 Å². The number of hydrogen-bond acceptors (Lipinski definition) is 6. The van der Waals surface area contributed by atoms with Crippen molar-refractivity contribution in [2.24, 2.45) is 17.8 Å². The van der Waals surface area contributed by atoms with Crippen molar-refractivity contribution in [3.05, 3.63) is 40.9 Å². The van der Waals surface area contributed by atoms with Crippen molar-refractivity contribution in [1.29, 1.82) is 0 Å². The molecule has 0 atom stereocenters. The second-order valence-corrected chi connectivity index (χ2v) is 10.9. The average molecular weight is 470 g/mol. The number of benzene rings is 1. The van der Waals surface area contributed by atoms with Crippen molar-refractivity contribution in [3.8, 4) is 16.3 Å². The summed E-state index contributed by atoms with van der Waals surface area (Å²) in [5.41, 5.74) is 2.54. The Morgan fingerprint density at radius 3 is 2.58 bits per heavy atom. The van der Waals surface area contributed by atoms with Crippen LogP contribution in [-0.2, 0) is 19.7 Å². The van der Waals surface area contributed by atoms with Crippen molar-refractivity contribution in [2.45, 2.75) is 43.9 Å². The molecule has 1 N–H and O–H groups in total. The Labute approximate surface area is 198 Å². The molecule has 4 bridgehead atoms. The van der Waals surface area contributed by atoms with Crippen LogP contribution in [0.3, 0.4) is 0 Å². The van der Waals surface area contributed by atoms with Gasteiger partial charge in [0.25, 0.3) is 0 Å². The van der Waals surface area contributed by atoms with E-state index in [1.165, 1.54) is 55.4 Å². The topological polar surface area (TPSA) is 77.9 Å². The summed E-state index contributed by atoms with van der Waals surface area (Å²) in [5.74, 6) is 2.46. The molecule has 0 amide bonds. The molecule has 1 aromatic carbocycles. The van der Waals surface area contributed by atoms with Gasteiger partial charge in [-0.3, -0.25) is 0 Å². The van der Waals surface area contributed by atoms with Crippen molar-refractivity contribution in [3.63, 3.8) is 0 Å². The first-order valence-corrected chi connectivity index (χ1v) is 12.6. The van der Waals surface area contributed by atoms with Gasteiger partial charge in [0, 0.05) is 35.4 Å². The van der Waals surface area contributed by atoms with Gasteiger partial charge in [-0.05, 0) is 86.0 Å². The summed E-state index contributed by atoms with van der Waals surface area (Å²) >= 11 is 1.51. The Morgan fingerprint density at radius 1 is 1.18 bits per heavy atom. The normalized spacial score (nSPS) is 28.0. The summed E-state index contributed by atoms with van der Waals surface area (Å²) in [4.78, 5) is 16.2. The lowest BCUT2D eigenvalue weighted by Gasteiger charge is -2.57. The second kappa shape index (κ2) is 9.57. The monoisotopic (exact) mass is 469 g/mol. The lowest BCUT2D eigenvalue weighted by Crippen LogP contribution is -2.48. The van der Waals surface area contributed by atoms with Crippen LogP contribution in [0.4, 0.5) is 0 Å². The van der Waals surface area contributed by atoms with Crippen LogP contribution >= 0.6 is 11.3 Å². The van der Waals surface area contributed by atoms with Gasteiger partial charge in [0.05, 0.1) is 13.2 Å². The first-order chi connectivity index (χ1) is 16.0. The van der Waals surface area contributed by atoms with E-state index in [9.17, 15) is 4.79 Å². The highest BCUT2D eigenvalue weighted by molar-refractivity contribution is 7.15. The number of aromatic nitrogens is 1. The van der Waals surface area contributed by atoms with Crippen molar-refractivity contribution >= 4 is 23.4 Å². The van der Waals surface area contributed by atoms with Crippen LogP contribution < -0.4 is 4.74 Å². The number of methoxy groups -OCH3 is 1. The zero-order valence-electron chi connectivity index (χ0n) is 19.0. The third kappa shape index (κ3) is 4.86. The molecular formula is C26H31NO5S. The average Bonchev–Trinajstić information content (AvgIpc) is 3.26. The first-order valence-electron chi connectivity index (χ1n) is 11.8. The van der Waals surface area contributed by atoms with Crippen molar-refractivity contribution < 1.29 is 24.1 Å². The molecule has 7 heteroatoms. The maximum absolute atomic E-state index is 10.8. The number of carbonyl (C=O) groups is 1. The largest absolute Gasteiger partial charge is 0.478 e. The quantitative estimate of drug-likeness (QED) is 0.286. The summed E-state index contributed by atoms with van der Waals surface area (Å²) in [6.45, 7) is 1.27. The minimum Gasteiger partial charge on any atom is -0.478 e. The predicted octanol–water partition coefficient (Wildman–Crippen LogP) is 5.38. The Morgan fingerprint density at radius 2 is 1.91 bits per heavy atom. The summed E-state index contributed by atoms with van der Waals surface area (Å²) < 4.78 is 16.8. The fourth-order valence-electron chi connectivity index (χ4n) is 6.60. The summed E-state index contributed by atoms with van der Waals surface area (Å²) in [6, 6.07) is 6.40. The molecule has 0 aliphatic heterocycles. The smallest absolute Gasteiger partial charge is 0.328 e. The third-order valence-electron chi connectivity index (χ3n) is 7.48. The van der Waals surface area contributed by atoms with Gasteiger partial charge in [-0.25, -0.2) is 9.78 Å². The van der Waals surface area contributed by atoms with Gasteiger partial charge in [0.1, 0.15) is 10.8 Å². The van der Waals surface area contributed by atoms with Crippen LogP contribution in [0.5, 0.6) is 5.75 Å². The minimum absolute atomic E-state index is 0.177. The molecule has 2 aromatic rings. The molecule has 0 spiro atoms. The molecule has 0 radical (unpaired) electrons. The van der Waals surface area contributed by atoms with Gasteiger partial charge in [0.15, 0.2) is 6.79 Å². The molecule has 6 rings (SSSR count). The summed E-state index contributed by atoms with van der Waals surface area (Å²) in [7, 11) is 1.66. The van der Waals surface area contributed by atoms with E-state index in [1.807, 2.05) is 0 Å².